The van der Waals surface area contributed by atoms with Crippen LogP contribution >= 0.6 is 12.2 Å². The highest BCUT2D eigenvalue weighted by molar-refractivity contribution is 7.71. The SMILES string of the molecule is Fc1ccc(-c2nn(CN3CCN(c4ccccc4F)CC3)c(=S)n2C[C@H]2CCCO2)cc1. The van der Waals surface area contributed by atoms with Crippen LogP contribution in [0.2, 0.25) is 0 Å². The first kappa shape index (κ1) is 22.2. The van der Waals surface area contributed by atoms with E-state index in [0.29, 0.717) is 23.7 Å². The summed E-state index contributed by atoms with van der Waals surface area (Å²) in [6.07, 6.45) is 2.15. The largest absolute Gasteiger partial charge is 0.376 e. The number of para-hydroxylation sites is 1. The molecule has 0 N–H and O–H groups in total. The molecular weight excluding hydrogens is 444 g/mol. The van der Waals surface area contributed by atoms with Crippen molar-refractivity contribution in [2.45, 2.75) is 32.2 Å². The van der Waals surface area contributed by atoms with Crippen LogP contribution in [-0.2, 0) is 18.0 Å². The molecule has 0 radical (unpaired) electrons. The molecule has 0 unspecified atom stereocenters. The van der Waals surface area contributed by atoms with Crippen molar-refractivity contribution in [1.82, 2.24) is 19.2 Å². The fourth-order valence-electron chi connectivity index (χ4n) is 4.53. The number of rotatable bonds is 6. The average Bonchev–Trinajstić information content (AvgIpc) is 3.45. The van der Waals surface area contributed by atoms with Crippen LogP contribution in [0, 0.1) is 16.4 Å². The van der Waals surface area contributed by atoms with E-state index < -0.39 is 0 Å². The second-order valence-corrected chi connectivity index (χ2v) is 8.92. The predicted octanol–water partition coefficient (Wildman–Crippen LogP) is 4.32. The first-order valence-electron chi connectivity index (χ1n) is 11.4. The van der Waals surface area contributed by atoms with Crippen molar-refractivity contribution >= 4 is 17.9 Å². The van der Waals surface area contributed by atoms with Gasteiger partial charge in [0.1, 0.15) is 11.6 Å². The lowest BCUT2D eigenvalue weighted by Gasteiger charge is -2.35. The summed E-state index contributed by atoms with van der Waals surface area (Å²) in [6.45, 7) is 4.97. The second kappa shape index (κ2) is 9.70. The van der Waals surface area contributed by atoms with Crippen LogP contribution in [0.4, 0.5) is 14.5 Å². The molecule has 33 heavy (non-hydrogen) atoms. The monoisotopic (exact) mass is 471 g/mol. The predicted molar refractivity (Wildman–Crippen MR) is 126 cm³/mol. The first-order valence-corrected chi connectivity index (χ1v) is 11.8. The molecule has 2 aliphatic heterocycles. The summed E-state index contributed by atoms with van der Waals surface area (Å²) >= 11 is 5.81. The fourth-order valence-corrected chi connectivity index (χ4v) is 4.79. The molecule has 0 aliphatic carbocycles. The molecule has 5 rings (SSSR count). The Balaban J connectivity index is 1.34. The van der Waals surface area contributed by atoms with E-state index in [1.165, 1.54) is 18.2 Å². The molecule has 0 bridgehead atoms. The lowest BCUT2D eigenvalue weighted by molar-refractivity contribution is 0.0966. The van der Waals surface area contributed by atoms with Gasteiger partial charge in [0.25, 0.3) is 0 Å². The number of nitrogens with zero attached hydrogens (tertiary/aromatic N) is 5. The van der Waals surface area contributed by atoms with Gasteiger partial charge >= 0.3 is 0 Å². The molecule has 0 saturated carbocycles. The van der Waals surface area contributed by atoms with E-state index in [4.69, 9.17) is 22.1 Å². The van der Waals surface area contributed by atoms with Crippen molar-refractivity contribution in [1.29, 1.82) is 0 Å². The van der Waals surface area contributed by atoms with Crippen LogP contribution in [0.25, 0.3) is 11.4 Å². The summed E-state index contributed by atoms with van der Waals surface area (Å²) in [5, 5.41) is 4.82. The lowest BCUT2D eigenvalue weighted by atomic mass is 10.2. The Morgan fingerprint density at radius 1 is 1.00 bits per heavy atom. The van der Waals surface area contributed by atoms with Crippen LogP contribution in [0.3, 0.4) is 0 Å². The molecule has 2 saturated heterocycles. The molecule has 9 heteroatoms. The smallest absolute Gasteiger partial charge is 0.199 e. The van der Waals surface area contributed by atoms with Crippen molar-refractivity contribution in [2.24, 2.45) is 0 Å². The maximum absolute atomic E-state index is 14.2. The highest BCUT2D eigenvalue weighted by atomic mass is 32.1. The van der Waals surface area contributed by atoms with Gasteiger partial charge in [0.05, 0.1) is 25.0 Å². The third-order valence-corrected chi connectivity index (χ3v) is 6.77. The topological polar surface area (TPSA) is 38.5 Å². The molecule has 0 spiro atoms. The molecule has 0 amide bonds. The summed E-state index contributed by atoms with van der Waals surface area (Å²) in [5.74, 6) is 0.251. The van der Waals surface area contributed by atoms with Gasteiger partial charge in [0.15, 0.2) is 10.6 Å². The molecule has 2 aliphatic rings. The van der Waals surface area contributed by atoms with E-state index in [9.17, 15) is 8.78 Å². The minimum atomic E-state index is -0.282. The first-order chi connectivity index (χ1) is 16.1. The number of hydrogen-bond acceptors (Lipinski definition) is 5. The highest BCUT2D eigenvalue weighted by Gasteiger charge is 2.23. The van der Waals surface area contributed by atoms with Gasteiger partial charge in [-0.2, -0.15) is 5.10 Å². The Morgan fingerprint density at radius 3 is 2.45 bits per heavy atom. The van der Waals surface area contributed by atoms with Gasteiger partial charge in [-0.05, 0) is 61.5 Å². The lowest BCUT2D eigenvalue weighted by Crippen LogP contribution is -2.47. The Morgan fingerprint density at radius 2 is 1.76 bits per heavy atom. The van der Waals surface area contributed by atoms with E-state index in [0.717, 1.165) is 57.0 Å². The maximum Gasteiger partial charge on any atom is 0.199 e. The Bertz CT molecular complexity index is 1150. The van der Waals surface area contributed by atoms with Crippen molar-refractivity contribution in [2.75, 3.05) is 37.7 Å². The van der Waals surface area contributed by atoms with Crippen LogP contribution in [0.15, 0.2) is 48.5 Å². The van der Waals surface area contributed by atoms with Gasteiger partial charge in [0.2, 0.25) is 0 Å². The number of anilines is 1. The van der Waals surface area contributed by atoms with E-state index in [-0.39, 0.29) is 17.7 Å². The minimum Gasteiger partial charge on any atom is -0.376 e. The van der Waals surface area contributed by atoms with Crippen molar-refractivity contribution in [3.8, 4) is 11.4 Å². The van der Waals surface area contributed by atoms with Gasteiger partial charge < -0.3 is 9.64 Å². The van der Waals surface area contributed by atoms with Crippen LogP contribution in [0.5, 0.6) is 0 Å². The van der Waals surface area contributed by atoms with Gasteiger partial charge in [-0.3, -0.25) is 9.47 Å². The number of aromatic nitrogens is 3. The number of benzene rings is 2. The van der Waals surface area contributed by atoms with Gasteiger partial charge in [-0.1, -0.05) is 12.1 Å². The van der Waals surface area contributed by atoms with Gasteiger partial charge in [-0.25, -0.2) is 13.5 Å². The molecule has 3 aromatic rings. The molecule has 6 nitrogen and oxygen atoms in total. The minimum absolute atomic E-state index is 0.109. The van der Waals surface area contributed by atoms with E-state index >= 15 is 0 Å². The highest BCUT2D eigenvalue weighted by Crippen LogP contribution is 2.24. The number of piperazine rings is 1. The summed E-state index contributed by atoms with van der Waals surface area (Å²) in [6, 6.07) is 13.2. The summed E-state index contributed by atoms with van der Waals surface area (Å²) in [7, 11) is 0. The molecule has 2 fully saturated rings. The number of halogens is 2. The Labute approximate surface area is 197 Å². The maximum atomic E-state index is 14.2. The summed E-state index contributed by atoms with van der Waals surface area (Å²) in [4.78, 5) is 4.34. The average molecular weight is 472 g/mol. The quantitative estimate of drug-likeness (QED) is 0.501. The van der Waals surface area contributed by atoms with Crippen molar-refractivity contribution in [3.63, 3.8) is 0 Å². The van der Waals surface area contributed by atoms with Gasteiger partial charge in [0, 0.05) is 38.3 Å². The van der Waals surface area contributed by atoms with E-state index in [2.05, 4.69) is 9.80 Å². The standard InChI is InChI=1S/C24H27F2N5OS/c25-19-9-7-18(8-10-19)23-27-31(24(33)30(23)16-20-4-3-15-32-20)17-28-11-13-29(14-12-28)22-6-2-1-5-21(22)26/h1-2,5-10,20H,3-4,11-17H2/t20-/m1/s1. The molecule has 1 atom stereocenters. The van der Waals surface area contributed by atoms with Gasteiger partial charge in [-0.15, -0.1) is 0 Å². The Kier molecular flexibility index (Phi) is 6.52. The van der Waals surface area contributed by atoms with Crippen LogP contribution in [0.1, 0.15) is 12.8 Å². The molecule has 2 aromatic carbocycles. The molecule has 1 aromatic heterocycles. The molecular formula is C24H27F2N5OS. The summed E-state index contributed by atoms with van der Waals surface area (Å²) < 4.78 is 38.0. The van der Waals surface area contributed by atoms with Crippen LogP contribution < -0.4 is 4.90 Å². The zero-order valence-electron chi connectivity index (χ0n) is 18.4. The van der Waals surface area contributed by atoms with Crippen molar-refractivity contribution < 1.29 is 13.5 Å². The zero-order chi connectivity index (χ0) is 22.8. The second-order valence-electron chi connectivity index (χ2n) is 8.56. The normalized spacial score (nSPS) is 19.3. The summed E-state index contributed by atoms with van der Waals surface area (Å²) in [5.41, 5.74) is 1.47. The third kappa shape index (κ3) is 4.85. The third-order valence-electron chi connectivity index (χ3n) is 6.33. The number of ether oxygens (including phenoxy) is 1. The number of hydrogen-bond donors (Lipinski definition) is 0. The van der Waals surface area contributed by atoms with E-state index in [1.54, 1.807) is 18.2 Å². The van der Waals surface area contributed by atoms with E-state index in [1.807, 2.05) is 21.4 Å². The zero-order valence-corrected chi connectivity index (χ0v) is 19.2. The Hall–Kier alpha value is -2.62. The fraction of sp³-hybridized carbons (Fsp3) is 0.417. The van der Waals surface area contributed by atoms with Crippen LogP contribution in [-0.4, -0.2) is 58.1 Å². The molecule has 3 heterocycles. The molecule has 174 valence electrons. The van der Waals surface area contributed by atoms with Crippen molar-refractivity contribution in [3.05, 3.63) is 64.9 Å².